The van der Waals surface area contributed by atoms with Crippen molar-refractivity contribution in [3.8, 4) is 0 Å². The second kappa shape index (κ2) is 5.83. The van der Waals surface area contributed by atoms with Gasteiger partial charge in [0.05, 0.1) is 0 Å². The highest BCUT2D eigenvalue weighted by Crippen LogP contribution is 2.24. The standard InChI is InChI=1S/C14H21ClFN/c1-10(17-8-7-14(2,3)4)12-6-5-11(16)9-13(12)15/h5-6,9-10,17H,7-8H2,1-4H3. The Kier molecular flexibility index (Phi) is 4.96. The van der Waals surface area contributed by atoms with E-state index in [-0.39, 0.29) is 11.9 Å². The maximum Gasteiger partial charge on any atom is 0.124 e. The molecule has 1 N–H and O–H groups in total. The zero-order chi connectivity index (χ0) is 13.1. The van der Waals surface area contributed by atoms with E-state index in [9.17, 15) is 4.39 Å². The largest absolute Gasteiger partial charge is 0.310 e. The zero-order valence-corrected chi connectivity index (χ0v) is 11.7. The number of halogens is 2. The van der Waals surface area contributed by atoms with Gasteiger partial charge in [-0.25, -0.2) is 4.39 Å². The summed E-state index contributed by atoms with van der Waals surface area (Å²) in [7, 11) is 0. The van der Waals surface area contributed by atoms with Gasteiger partial charge in [0, 0.05) is 11.1 Å². The van der Waals surface area contributed by atoms with Crippen LogP contribution in [0.2, 0.25) is 5.02 Å². The molecule has 1 rings (SSSR count). The van der Waals surface area contributed by atoms with Crippen LogP contribution in [-0.2, 0) is 0 Å². The molecule has 0 saturated heterocycles. The van der Waals surface area contributed by atoms with E-state index in [4.69, 9.17) is 11.6 Å². The Morgan fingerprint density at radius 1 is 1.35 bits per heavy atom. The Bertz CT molecular complexity index is 371. The predicted octanol–water partition coefficient (Wildman–Crippen LogP) is 4.57. The van der Waals surface area contributed by atoms with Crippen molar-refractivity contribution in [3.05, 3.63) is 34.6 Å². The van der Waals surface area contributed by atoms with Crippen LogP contribution in [0.15, 0.2) is 18.2 Å². The average Bonchev–Trinajstić information content (AvgIpc) is 2.15. The minimum absolute atomic E-state index is 0.144. The molecule has 1 nitrogen and oxygen atoms in total. The van der Waals surface area contributed by atoms with Gasteiger partial charge >= 0.3 is 0 Å². The Hall–Kier alpha value is -0.600. The lowest BCUT2D eigenvalue weighted by atomic mass is 9.92. The highest BCUT2D eigenvalue weighted by atomic mass is 35.5. The lowest BCUT2D eigenvalue weighted by Crippen LogP contribution is -2.23. The van der Waals surface area contributed by atoms with Crippen LogP contribution in [0, 0.1) is 11.2 Å². The van der Waals surface area contributed by atoms with Crippen LogP contribution in [0.25, 0.3) is 0 Å². The zero-order valence-electron chi connectivity index (χ0n) is 11.0. The minimum Gasteiger partial charge on any atom is -0.310 e. The molecule has 1 atom stereocenters. The molecule has 0 amide bonds. The molecular weight excluding hydrogens is 237 g/mol. The molecule has 96 valence electrons. The van der Waals surface area contributed by atoms with Gasteiger partial charge in [0.1, 0.15) is 5.82 Å². The highest BCUT2D eigenvalue weighted by molar-refractivity contribution is 6.31. The maximum atomic E-state index is 12.9. The summed E-state index contributed by atoms with van der Waals surface area (Å²) in [6.45, 7) is 9.61. The third kappa shape index (κ3) is 5.05. The normalized spacial score (nSPS) is 13.8. The molecule has 0 aromatic heterocycles. The topological polar surface area (TPSA) is 12.0 Å². The third-order valence-corrected chi connectivity index (χ3v) is 3.08. The van der Waals surface area contributed by atoms with Crippen molar-refractivity contribution < 1.29 is 4.39 Å². The summed E-state index contributed by atoms with van der Waals surface area (Å²) >= 11 is 6.01. The molecule has 0 spiro atoms. The first-order valence-electron chi connectivity index (χ1n) is 5.98. The van der Waals surface area contributed by atoms with Crippen LogP contribution >= 0.6 is 11.6 Å². The molecule has 0 aliphatic heterocycles. The summed E-state index contributed by atoms with van der Waals surface area (Å²) in [6, 6.07) is 4.69. The fraction of sp³-hybridized carbons (Fsp3) is 0.571. The monoisotopic (exact) mass is 257 g/mol. The Balaban J connectivity index is 2.55. The Morgan fingerprint density at radius 2 is 2.00 bits per heavy atom. The van der Waals surface area contributed by atoms with Gasteiger partial charge in [-0.3, -0.25) is 0 Å². The summed E-state index contributed by atoms with van der Waals surface area (Å²) in [5.74, 6) is -0.291. The molecule has 1 aromatic rings. The molecule has 0 radical (unpaired) electrons. The molecule has 0 aliphatic rings. The molecule has 0 saturated carbocycles. The van der Waals surface area contributed by atoms with Gasteiger partial charge in [-0.05, 0) is 43.0 Å². The van der Waals surface area contributed by atoms with Gasteiger partial charge in [-0.2, -0.15) is 0 Å². The van der Waals surface area contributed by atoms with Gasteiger partial charge in [-0.1, -0.05) is 38.4 Å². The molecule has 0 heterocycles. The van der Waals surface area contributed by atoms with Crippen molar-refractivity contribution in [3.63, 3.8) is 0 Å². The summed E-state index contributed by atoms with van der Waals surface area (Å²) in [5.41, 5.74) is 1.27. The molecule has 1 unspecified atom stereocenters. The first kappa shape index (κ1) is 14.5. The second-order valence-electron chi connectivity index (χ2n) is 5.65. The molecule has 0 fully saturated rings. The molecule has 3 heteroatoms. The van der Waals surface area contributed by atoms with Crippen molar-refractivity contribution in [1.29, 1.82) is 0 Å². The smallest absolute Gasteiger partial charge is 0.124 e. The van der Waals surface area contributed by atoms with E-state index in [0.717, 1.165) is 18.5 Å². The van der Waals surface area contributed by atoms with Gasteiger partial charge < -0.3 is 5.32 Å². The summed E-state index contributed by atoms with van der Waals surface area (Å²) in [4.78, 5) is 0. The lowest BCUT2D eigenvalue weighted by Gasteiger charge is -2.21. The third-order valence-electron chi connectivity index (χ3n) is 2.75. The van der Waals surface area contributed by atoms with Crippen molar-refractivity contribution in [2.24, 2.45) is 5.41 Å². The highest BCUT2D eigenvalue weighted by Gasteiger charge is 2.13. The number of benzene rings is 1. The second-order valence-corrected chi connectivity index (χ2v) is 6.06. The molecule has 17 heavy (non-hydrogen) atoms. The van der Waals surface area contributed by atoms with Crippen molar-refractivity contribution in [2.45, 2.75) is 40.2 Å². The van der Waals surface area contributed by atoms with Gasteiger partial charge in [0.25, 0.3) is 0 Å². The van der Waals surface area contributed by atoms with Gasteiger partial charge in [0.2, 0.25) is 0 Å². The van der Waals surface area contributed by atoms with E-state index in [1.165, 1.54) is 12.1 Å². The number of hydrogen-bond acceptors (Lipinski definition) is 1. The number of hydrogen-bond donors (Lipinski definition) is 1. The average molecular weight is 258 g/mol. The van der Waals surface area contributed by atoms with Crippen molar-refractivity contribution in [1.82, 2.24) is 5.32 Å². The fourth-order valence-electron chi connectivity index (χ4n) is 1.63. The van der Waals surface area contributed by atoms with Crippen LogP contribution in [0.3, 0.4) is 0 Å². The quantitative estimate of drug-likeness (QED) is 0.833. The van der Waals surface area contributed by atoms with Crippen LogP contribution in [0.5, 0.6) is 0 Å². The molecule has 0 bridgehead atoms. The van der Waals surface area contributed by atoms with Crippen LogP contribution in [0.1, 0.15) is 45.7 Å². The van der Waals surface area contributed by atoms with E-state index < -0.39 is 0 Å². The van der Waals surface area contributed by atoms with Crippen molar-refractivity contribution in [2.75, 3.05) is 6.54 Å². The molecular formula is C14H21ClFN. The summed E-state index contributed by atoms with van der Waals surface area (Å²) < 4.78 is 12.9. The fourth-order valence-corrected chi connectivity index (χ4v) is 1.96. The van der Waals surface area contributed by atoms with Gasteiger partial charge in [-0.15, -0.1) is 0 Å². The van der Waals surface area contributed by atoms with Gasteiger partial charge in [0.15, 0.2) is 0 Å². The minimum atomic E-state index is -0.291. The SMILES string of the molecule is CC(NCCC(C)(C)C)c1ccc(F)cc1Cl. The molecule has 0 aliphatic carbocycles. The maximum absolute atomic E-state index is 12.9. The summed E-state index contributed by atoms with van der Waals surface area (Å²) in [5, 5.41) is 3.90. The van der Waals surface area contributed by atoms with E-state index >= 15 is 0 Å². The Labute approximate surface area is 108 Å². The molecule has 1 aromatic carbocycles. The van der Waals surface area contributed by atoms with Crippen LogP contribution < -0.4 is 5.32 Å². The number of nitrogens with one attached hydrogen (secondary N) is 1. The Morgan fingerprint density at radius 3 is 2.53 bits per heavy atom. The van der Waals surface area contributed by atoms with Crippen molar-refractivity contribution >= 4 is 11.6 Å². The van der Waals surface area contributed by atoms with Crippen LogP contribution in [0.4, 0.5) is 4.39 Å². The van der Waals surface area contributed by atoms with E-state index in [1.54, 1.807) is 6.07 Å². The van der Waals surface area contributed by atoms with E-state index in [0.29, 0.717) is 10.4 Å². The van der Waals surface area contributed by atoms with Crippen LogP contribution in [-0.4, -0.2) is 6.54 Å². The van der Waals surface area contributed by atoms with E-state index in [2.05, 4.69) is 26.1 Å². The predicted molar refractivity (Wildman–Crippen MR) is 71.9 cm³/mol. The first-order chi connectivity index (χ1) is 7.79. The first-order valence-corrected chi connectivity index (χ1v) is 6.36. The number of rotatable bonds is 4. The summed E-state index contributed by atoms with van der Waals surface area (Å²) in [6.07, 6.45) is 1.09. The lowest BCUT2D eigenvalue weighted by molar-refractivity contribution is 0.358. The van der Waals surface area contributed by atoms with E-state index in [1.807, 2.05) is 6.92 Å².